The molecule has 1 saturated carbocycles. The maximum atomic E-state index is 13.6. The number of fused-ring (bicyclic) bond motifs is 3. The van der Waals surface area contributed by atoms with Crippen LogP contribution in [0, 0.1) is 5.41 Å². The number of aromatic nitrogens is 1. The Labute approximate surface area is 184 Å². The smallest absolute Gasteiger partial charge is 0.312 e. The first-order valence-electron chi connectivity index (χ1n) is 10.4. The van der Waals surface area contributed by atoms with E-state index in [0.717, 1.165) is 28.6 Å². The number of rotatable bonds is 4. The molecule has 1 aliphatic carbocycles. The highest BCUT2D eigenvalue weighted by Gasteiger charge is 2.56. The van der Waals surface area contributed by atoms with Gasteiger partial charge in [-0.3, -0.25) is 9.59 Å². The summed E-state index contributed by atoms with van der Waals surface area (Å²) in [5.74, 6) is -0.342. The van der Waals surface area contributed by atoms with Crippen molar-refractivity contribution in [1.82, 2.24) is 9.88 Å². The first kappa shape index (κ1) is 19.9. The van der Waals surface area contributed by atoms with Crippen molar-refractivity contribution in [1.29, 1.82) is 0 Å². The minimum atomic E-state index is -0.984. The molecule has 1 aromatic heterocycles. The summed E-state index contributed by atoms with van der Waals surface area (Å²) in [6.45, 7) is 0.455. The number of amides is 1. The van der Waals surface area contributed by atoms with Gasteiger partial charge in [0.25, 0.3) is 5.91 Å². The van der Waals surface area contributed by atoms with Crippen molar-refractivity contribution in [3.63, 3.8) is 0 Å². The third kappa shape index (κ3) is 3.00. The van der Waals surface area contributed by atoms with Gasteiger partial charge in [0.1, 0.15) is 5.75 Å². The van der Waals surface area contributed by atoms with Crippen LogP contribution in [-0.4, -0.2) is 40.5 Å². The van der Waals surface area contributed by atoms with Crippen LogP contribution >= 0.6 is 11.6 Å². The van der Waals surface area contributed by atoms with Gasteiger partial charge in [-0.25, -0.2) is 0 Å². The van der Waals surface area contributed by atoms with Gasteiger partial charge in [0.05, 0.1) is 18.6 Å². The highest BCUT2D eigenvalue weighted by atomic mass is 35.5. The van der Waals surface area contributed by atoms with E-state index in [1.807, 2.05) is 18.2 Å². The van der Waals surface area contributed by atoms with Gasteiger partial charge < -0.3 is 19.7 Å². The second-order valence-corrected chi connectivity index (χ2v) is 8.84. The van der Waals surface area contributed by atoms with Crippen LogP contribution in [0.1, 0.15) is 46.9 Å². The quantitative estimate of drug-likeness (QED) is 0.611. The van der Waals surface area contributed by atoms with Crippen molar-refractivity contribution >= 4 is 34.4 Å². The van der Waals surface area contributed by atoms with Crippen molar-refractivity contribution in [2.75, 3.05) is 13.7 Å². The van der Waals surface area contributed by atoms with Crippen LogP contribution in [0.5, 0.6) is 5.75 Å². The Morgan fingerprint density at radius 2 is 1.94 bits per heavy atom. The van der Waals surface area contributed by atoms with Crippen molar-refractivity contribution in [3.05, 3.63) is 64.3 Å². The number of aromatic amines is 1. The summed E-state index contributed by atoms with van der Waals surface area (Å²) in [4.78, 5) is 31.2. The molecular formula is C24H23ClN2O4. The first-order chi connectivity index (χ1) is 14.9. The Morgan fingerprint density at radius 1 is 1.19 bits per heavy atom. The molecule has 0 spiro atoms. The predicted molar refractivity (Wildman–Crippen MR) is 118 cm³/mol. The summed E-state index contributed by atoms with van der Waals surface area (Å²) in [5, 5.41) is 11.9. The standard InChI is InChI=1S/C24H23ClN2O4/c1-31-16-6-3-14(4-7-16)22(28)27-12-9-17-18-13-15(25)5-8-19(18)26-20(17)21(27)24(23(29)30)10-2-11-24/h3-8,13,21,26H,2,9-12H2,1H3,(H,29,30). The van der Waals surface area contributed by atoms with Gasteiger partial charge in [-0.15, -0.1) is 0 Å². The average molecular weight is 439 g/mol. The van der Waals surface area contributed by atoms with E-state index in [0.29, 0.717) is 42.1 Å². The SMILES string of the molecule is COc1ccc(C(=O)N2CCc3c([nH]c4ccc(Cl)cc34)C2C2(C(=O)O)CCC2)cc1. The average Bonchev–Trinajstić information content (AvgIpc) is 3.10. The predicted octanol–water partition coefficient (Wildman–Crippen LogP) is 4.82. The molecule has 1 atom stereocenters. The van der Waals surface area contributed by atoms with E-state index in [-0.39, 0.29) is 5.91 Å². The van der Waals surface area contributed by atoms with Crippen molar-refractivity contribution < 1.29 is 19.4 Å². The Balaban J connectivity index is 1.64. The molecule has 1 unspecified atom stereocenters. The summed E-state index contributed by atoms with van der Waals surface area (Å²) in [5.41, 5.74) is 2.34. The van der Waals surface area contributed by atoms with E-state index in [1.165, 1.54) is 0 Å². The maximum Gasteiger partial charge on any atom is 0.312 e. The number of carboxylic acids is 1. The van der Waals surface area contributed by atoms with Gasteiger partial charge in [-0.05, 0) is 67.3 Å². The molecule has 1 amide bonds. The van der Waals surface area contributed by atoms with Crippen molar-refractivity contribution in [2.24, 2.45) is 5.41 Å². The number of nitrogens with one attached hydrogen (secondary N) is 1. The topological polar surface area (TPSA) is 82.6 Å². The molecule has 160 valence electrons. The number of H-pyrrole nitrogens is 1. The lowest BCUT2D eigenvalue weighted by Gasteiger charge is -2.50. The number of benzene rings is 2. The summed E-state index contributed by atoms with van der Waals surface area (Å²) in [7, 11) is 1.58. The van der Waals surface area contributed by atoms with E-state index in [2.05, 4.69) is 4.98 Å². The lowest BCUT2D eigenvalue weighted by molar-refractivity contribution is -0.161. The minimum Gasteiger partial charge on any atom is -0.497 e. The molecule has 0 radical (unpaired) electrons. The number of aliphatic carboxylic acids is 1. The van der Waals surface area contributed by atoms with E-state index < -0.39 is 17.4 Å². The van der Waals surface area contributed by atoms with Crippen LogP contribution in [0.3, 0.4) is 0 Å². The lowest BCUT2D eigenvalue weighted by atomic mass is 9.61. The third-order valence-corrected chi connectivity index (χ3v) is 7.12. The van der Waals surface area contributed by atoms with E-state index in [9.17, 15) is 14.7 Å². The monoisotopic (exact) mass is 438 g/mol. The molecule has 2 N–H and O–H groups in total. The summed E-state index contributed by atoms with van der Waals surface area (Å²) >= 11 is 6.23. The number of carboxylic acid groups (broad SMARTS) is 1. The number of ether oxygens (including phenoxy) is 1. The number of nitrogens with zero attached hydrogens (tertiary/aromatic N) is 1. The van der Waals surface area contributed by atoms with Gasteiger partial charge in [0.15, 0.2) is 0 Å². The number of hydrogen-bond donors (Lipinski definition) is 2. The number of carbonyl (C=O) groups excluding carboxylic acids is 1. The number of carbonyl (C=O) groups is 2. The maximum absolute atomic E-state index is 13.6. The third-order valence-electron chi connectivity index (χ3n) is 6.88. The summed E-state index contributed by atoms with van der Waals surface area (Å²) in [6.07, 6.45) is 2.59. The van der Waals surface area contributed by atoms with Crippen LogP contribution < -0.4 is 4.74 Å². The van der Waals surface area contributed by atoms with Gasteiger partial charge in [-0.2, -0.15) is 0 Å². The molecule has 7 heteroatoms. The van der Waals surface area contributed by atoms with E-state index >= 15 is 0 Å². The fourth-order valence-electron chi connectivity index (χ4n) is 5.12. The molecule has 6 nitrogen and oxygen atoms in total. The van der Waals surface area contributed by atoms with Crippen LogP contribution in [0.4, 0.5) is 0 Å². The number of halogens is 1. The highest BCUT2D eigenvalue weighted by molar-refractivity contribution is 6.31. The Hall–Kier alpha value is -2.99. The molecule has 31 heavy (non-hydrogen) atoms. The Kier molecular flexibility index (Phi) is 4.70. The molecule has 0 saturated heterocycles. The normalized spacial score (nSPS) is 19.5. The van der Waals surface area contributed by atoms with Gasteiger partial charge in [-0.1, -0.05) is 18.0 Å². The Morgan fingerprint density at radius 3 is 2.55 bits per heavy atom. The fraction of sp³-hybridized carbons (Fsp3) is 0.333. The van der Waals surface area contributed by atoms with E-state index in [4.69, 9.17) is 16.3 Å². The van der Waals surface area contributed by atoms with Crippen LogP contribution in [0.15, 0.2) is 42.5 Å². The zero-order chi connectivity index (χ0) is 21.8. The minimum absolute atomic E-state index is 0.164. The van der Waals surface area contributed by atoms with E-state index in [1.54, 1.807) is 36.3 Å². The number of methoxy groups -OCH3 is 1. The molecule has 0 bridgehead atoms. The van der Waals surface area contributed by atoms with Gasteiger partial charge in [0, 0.05) is 33.7 Å². The fourth-order valence-corrected chi connectivity index (χ4v) is 5.29. The Bertz CT molecular complexity index is 1180. The largest absolute Gasteiger partial charge is 0.497 e. The molecule has 1 aliphatic heterocycles. The highest BCUT2D eigenvalue weighted by Crippen LogP contribution is 2.55. The van der Waals surface area contributed by atoms with Gasteiger partial charge >= 0.3 is 5.97 Å². The molecule has 2 heterocycles. The number of hydrogen-bond acceptors (Lipinski definition) is 3. The second kappa shape index (κ2) is 7.31. The van der Waals surface area contributed by atoms with Crippen LogP contribution in [0.25, 0.3) is 10.9 Å². The van der Waals surface area contributed by atoms with Crippen molar-refractivity contribution in [2.45, 2.75) is 31.7 Å². The van der Waals surface area contributed by atoms with Crippen molar-refractivity contribution in [3.8, 4) is 5.75 Å². The molecule has 3 aromatic rings. The van der Waals surface area contributed by atoms with Crippen LogP contribution in [0.2, 0.25) is 5.02 Å². The van der Waals surface area contributed by atoms with Gasteiger partial charge in [0.2, 0.25) is 0 Å². The molecule has 2 aliphatic rings. The zero-order valence-electron chi connectivity index (χ0n) is 17.2. The summed E-state index contributed by atoms with van der Waals surface area (Å²) in [6, 6.07) is 12.0. The first-order valence-corrected chi connectivity index (χ1v) is 10.8. The van der Waals surface area contributed by atoms with Crippen LogP contribution in [-0.2, 0) is 11.2 Å². The zero-order valence-corrected chi connectivity index (χ0v) is 17.9. The molecular weight excluding hydrogens is 416 g/mol. The molecule has 5 rings (SSSR count). The second-order valence-electron chi connectivity index (χ2n) is 8.40. The summed E-state index contributed by atoms with van der Waals surface area (Å²) < 4.78 is 5.20. The lowest BCUT2D eigenvalue weighted by Crippen LogP contribution is -2.54. The molecule has 1 fully saturated rings. The molecule has 2 aromatic carbocycles.